The van der Waals surface area contributed by atoms with E-state index < -0.39 is 0 Å². The molecule has 1 unspecified atom stereocenters. The summed E-state index contributed by atoms with van der Waals surface area (Å²) in [6, 6.07) is 6.30. The molecule has 1 aromatic heterocycles. The predicted octanol–water partition coefficient (Wildman–Crippen LogP) is 2.70. The van der Waals surface area contributed by atoms with Crippen LogP contribution >= 0.6 is 15.9 Å². The minimum Gasteiger partial charge on any atom is -0.330 e. The van der Waals surface area contributed by atoms with Gasteiger partial charge in [0.15, 0.2) is 0 Å². The molecule has 16 heavy (non-hydrogen) atoms. The number of nitrogens with zero attached hydrogens (tertiary/aromatic N) is 2. The van der Waals surface area contributed by atoms with Crippen molar-refractivity contribution in [2.45, 2.75) is 12.8 Å². The molecule has 3 nitrogen and oxygen atoms in total. The third-order valence-corrected chi connectivity index (χ3v) is 3.31. The molecule has 0 aliphatic carbocycles. The second kappa shape index (κ2) is 4.80. The summed E-state index contributed by atoms with van der Waals surface area (Å²) in [6.45, 7) is 2.79. The standard InChI is InChI=1S/C12H14BrN3/c1-9(7-14)10-2-3-12(11(13)6-10)16-5-4-15-8-16/h2-6,8-9H,7,14H2,1H3. The molecule has 0 saturated carbocycles. The molecular formula is C12H14BrN3. The normalized spacial score (nSPS) is 12.7. The Hall–Kier alpha value is -1.13. The lowest BCUT2D eigenvalue weighted by Crippen LogP contribution is -2.09. The van der Waals surface area contributed by atoms with E-state index in [1.807, 2.05) is 10.8 Å². The summed E-state index contributed by atoms with van der Waals surface area (Å²) in [4.78, 5) is 4.04. The van der Waals surface area contributed by atoms with Gasteiger partial charge < -0.3 is 10.3 Å². The van der Waals surface area contributed by atoms with E-state index in [-0.39, 0.29) is 0 Å². The smallest absolute Gasteiger partial charge is 0.0992 e. The van der Waals surface area contributed by atoms with Crippen LogP contribution in [0.15, 0.2) is 41.4 Å². The van der Waals surface area contributed by atoms with E-state index in [2.05, 4.69) is 46.0 Å². The Bertz CT molecular complexity index is 465. The lowest BCUT2D eigenvalue weighted by molar-refractivity contribution is 0.773. The average molecular weight is 280 g/mol. The number of nitrogens with two attached hydrogens (primary N) is 1. The maximum atomic E-state index is 5.66. The lowest BCUT2D eigenvalue weighted by atomic mass is 10.0. The zero-order chi connectivity index (χ0) is 11.5. The van der Waals surface area contributed by atoms with Gasteiger partial charge >= 0.3 is 0 Å². The SMILES string of the molecule is CC(CN)c1ccc(-n2ccnc2)c(Br)c1. The van der Waals surface area contributed by atoms with Crippen LogP contribution in [0.25, 0.3) is 5.69 Å². The van der Waals surface area contributed by atoms with Crippen molar-refractivity contribution >= 4 is 15.9 Å². The number of hydrogen-bond acceptors (Lipinski definition) is 2. The van der Waals surface area contributed by atoms with Gasteiger partial charge in [0.2, 0.25) is 0 Å². The summed E-state index contributed by atoms with van der Waals surface area (Å²) in [6.07, 6.45) is 5.47. The molecule has 0 fully saturated rings. The minimum absolute atomic E-state index is 0.383. The van der Waals surface area contributed by atoms with E-state index in [0.717, 1.165) is 10.2 Å². The predicted molar refractivity (Wildman–Crippen MR) is 68.7 cm³/mol. The van der Waals surface area contributed by atoms with Crippen LogP contribution in [0.3, 0.4) is 0 Å². The summed E-state index contributed by atoms with van der Waals surface area (Å²) in [5, 5.41) is 0. The number of benzene rings is 1. The van der Waals surface area contributed by atoms with Gasteiger partial charge in [-0.1, -0.05) is 13.0 Å². The van der Waals surface area contributed by atoms with Gasteiger partial charge in [-0.15, -0.1) is 0 Å². The molecule has 0 bridgehead atoms. The Labute approximate surface area is 103 Å². The molecule has 1 atom stereocenters. The summed E-state index contributed by atoms with van der Waals surface area (Å²) >= 11 is 3.58. The first-order valence-corrected chi connectivity index (χ1v) is 5.99. The van der Waals surface area contributed by atoms with Gasteiger partial charge in [0, 0.05) is 16.9 Å². The zero-order valence-corrected chi connectivity index (χ0v) is 10.7. The largest absolute Gasteiger partial charge is 0.330 e. The van der Waals surface area contributed by atoms with Crippen molar-refractivity contribution in [3.05, 3.63) is 47.0 Å². The highest BCUT2D eigenvalue weighted by molar-refractivity contribution is 9.10. The Morgan fingerprint density at radius 2 is 2.31 bits per heavy atom. The number of halogens is 1. The molecule has 0 amide bonds. The van der Waals surface area contributed by atoms with E-state index in [9.17, 15) is 0 Å². The maximum Gasteiger partial charge on any atom is 0.0992 e. The fraction of sp³-hybridized carbons (Fsp3) is 0.250. The van der Waals surface area contributed by atoms with Crippen LogP contribution in [-0.2, 0) is 0 Å². The van der Waals surface area contributed by atoms with Crippen molar-refractivity contribution in [3.8, 4) is 5.69 Å². The molecule has 2 aromatic rings. The van der Waals surface area contributed by atoms with Crippen LogP contribution < -0.4 is 5.73 Å². The van der Waals surface area contributed by atoms with Crippen LogP contribution in [0, 0.1) is 0 Å². The van der Waals surface area contributed by atoms with Crippen molar-refractivity contribution in [1.82, 2.24) is 9.55 Å². The third kappa shape index (κ3) is 2.18. The maximum absolute atomic E-state index is 5.66. The molecule has 2 rings (SSSR count). The zero-order valence-electron chi connectivity index (χ0n) is 9.10. The van der Waals surface area contributed by atoms with E-state index in [1.165, 1.54) is 5.56 Å². The second-order valence-electron chi connectivity index (χ2n) is 3.82. The van der Waals surface area contributed by atoms with Gasteiger partial charge in [0.1, 0.15) is 0 Å². The topological polar surface area (TPSA) is 43.8 Å². The Morgan fingerprint density at radius 3 is 2.88 bits per heavy atom. The van der Waals surface area contributed by atoms with Gasteiger partial charge in [-0.25, -0.2) is 4.98 Å². The van der Waals surface area contributed by atoms with E-state index >= 15 is 0 Å². The molecular weight excluding hydrogens is 266 g/mol. The number of hydrogen-bond donors (Lipinski definition) is 1. The summed E-state index contributed by atoms with van der Waals surface area (Å²) < 4.78 is 3.03. The Balaban J connectivity index is 2.37. The third-order valence-electron chi connectivity index (χ3n) is 2.68. The highest BCUT2D eigenvalue weighted by Crippen LogP contribution is 2.25. The van der Waals surface area contributed by atoms with Gasteiger partial charge in [-0.05, 0) is 46.1 Å². The average Bonchev–Trinajstić information content (AvgIpc) is 2.81. The first kappa shape index (κ1) is 11.4. The summed E-state index contributed by atoms with van der Waals surface area (Å²) in [7, 11) is 0. The Morgan fingerprint density at radius 1 is 1.50 bits per heavy atom. The number of rotatable bonds is 3. The van der Waals surface area contributed by atoms with Crippen molar-refractivity contribution in [1.29, 1.82) is 0 Å². The van der Waals surface area contributed by atoms with Gasteiger partial charge in [0.05, 0.1) is 12.0 Å². The van der Waals surface area contributed by atoms with Gasteiger partial charge in [0.25, 0.3) is 0 Å². The second-order valence-corrected chi connectivity index (χ2v) is 4.67. The highest BCUT2D eigenvalue weighted by atomic mass is 79.9. The molecule has 84 valence electrons. The van der Waals surface area contributed by atoms with Crippen molar-refractivity contribution in [2.24, 2.45) is 5.73 Å². The van der Waals surface area contributed by atoms with E-state index in [1.54, 1.807) is 12.5 Å². The fourth-order valence-corrected chi connectivity index (χ4v) is 2.18. The minimum atomic E-state index is 0.383. The summed E-state index contributed by atoms with van der Waals surface area (Å²) in [5.41, 5.74) is 7.99. The molecule has 0 spiro atoms. The summed E-state index contributed by atoms with van der Waals surface area (Å²) in [5.74, 6) is 0.383. The first-order valence-electron chi connectivity index (χ1n) is 5.20. The molecule has 4 heteroatoms. The number of imidazole rings is 1. The molecule has 1 heterocycles. The van der Waals surface area contributed by atoms with Gasteiger partial charge in [-0.2, -0.15) is 0 Å². The molecule has 1 aromatic carbocycles. The molecule has 0 radical (unpaired) electrons. The van der Waals surface area contributed by atoms with E-state index in [0.29, 0.717) is 12.5 Å². The monoisotopic (exact) mass is 279 g/mol. The van der Waals surface area contributed by atoms with Gasteiger partial charge in [-0.3, -0.25) is 0 Å². The molecule has 0 aliphatic heterocycles. The van der Waals surface area contributed by atoms with Crippen LogP contribution in [0.5, 0.6) is 0 Å². The van der Waals surface area contributed by atoms with Crippen LogP contribution in [-0.4, -0.2) is 16.1 Å². The molecule has 0 aliphatic rings. The first-order chi connectivity index (χ1) is 7.72. The van der Waals surface area contributed by atoms with Crippen molar-refractivity contribution in [2.75, 3.05) is 6.54 Å². The Kier molecular flexibility index (Phi) is 3.41. The van der Waals surface area contributed by atoms with Crippen LogP contribution in [0.1, 0.15) is 18.4 Å². The van der Waals surface area contributed by atoms with Crippen LogP contribution in [0.2, 0.25) is 0 Å². The number of aromatic nitrogens is 2. The van der Waals surface area contributed by atoms with Crippen molar-refractivity contribution in [3.63, 3.8) is 0 Å². The van der Waals surface area contributed by atoms with Crippen molar-refractivity contribution < 1.29 is 0 Å². The fourth-order valence-electron chi connectivity index (χ4n) is 1.58. The molecule has 0 saturated heterocycles. The van der Waals surface area contributed by atoms with Crippen LogP contribution in [0.4, 0.5) is 0 Å². The quantitative estimate of drug-likeness (QED) is 0.939. The van der Waals surface area contributed by atoms with E-state index in [4.69, 9.17) is 5.73 Å². The highest BCUT2D eigenvalue weighted by Gasteiger charge is 2.07. The lowest BCUT2D eigenvalue weighted by Gasteiger charge is -2.12. The molecule has 2 N–H and O–H groups in total.